The minimum atomic E-state index is -0.314. The predicted octanol–water partition coefficient (Wildman–Crippen LogP) is 1.10. The number of amides is 2. The summed E-state index contributed by atoms with van der Waals surface area (Å²) in [5, 5.41) is 5.20. The van der Waals surface area contributed by atoms with Crippen LogP contribution in [-0.2, 0) is 4.79 Å². The normalized spacial score (nSPS) is 9.76. The van der Waals surface area contributed by atoms with E-state index >= 15 is 0 Å². The molecule has 2 N–H and O–H groups in total. The summed E-state index contributed by atoms with van der Waals surface area (Å²) in [6, 6.07) is 1.65. The van der Waals surface area contributed by atoms with Crippen molar-refractivity contribution in [3.8, 4) is 0 Å². The maximum absolute atomic E-state index is 11.6. The molecule has 2 amide bonds. The van der Waals surface area contributed by atoms with E-state index in [0.717, 1.165) is 10.9 Å². The molecule has 0 saturated carbocycles. The average molecular weight is 300 g/mol. The Bertz CT molecular complexity index is 409. The van der Waals surface area contributed by atoms with Crippen molar-refractivity contribution in [2.45, 2.75) is 13.3 Å². The average Bonchev–Trinajstić information content (AvgIpc) is 2.33. The molecule has 1 heterocycles. The van der Waals surface area contributed by atoms with Crippen LogP contribution in [0.5, 0.6) is 0 Å². The van der Waals surface area contributed by atoms with Crippen LogP contribution in [0.15, 0.2) is 22.9 Å². The van der Waals surface area contributed by atoms with Gasteiger partial charge in [0.05, 0.1) is 12.1 Å². The van der Waals surface area contributed by atoms with Crippen LogP contribution in [0.1, 0.15) is 23.7 Å². The summed E-state index contributed by atoms with van der Waals surface area (Å²) in [4.78, 5) is 26.8. The summed E-state index contributed by atoms with van der Waals surface area (Å²) in [5.41, 5.74) is 0.419. The van der Waals surface area contributed by atoms with E-state index in [4.69, 9.17) is 0 Å². The number of rotatable bonds is 5. The zero-order valence-corrected chi connectivity index (χ0v) is 11.1. The van der Waals surface area contributed by atoms with Gasteiger partial charge in [-0.1, -0.05) is 6.92 Å². The first-order chi connectivity index (χ1) is 8.13. The third kappa shape index (κ3) is 4.95. The fourth-order valence-corrected chi connectivity index (χ4v) is 1.49. The second kappa shape index (κ2) is 7.01. The van der Waals surface area contributed by atoms with Gasteiger partial charge in [0.25, 0.3) is 5.91 Å². The third-order valence-electron chi connectivity index (χ3n) is 1.95. The van der Waals surface area contributed by atoms with Crippen molar-refractivity contribution in [2.75, 3.05) is 13.1 Å². The molecule has 1 rings (SSSR count). The zero-order chi connectivity index (χ0) is 12.7. The number of hydrogen-bond donors (Lipinski definition) is 2. The van der Waals surface area contributed by atoms with Gasteiger partial charge in [0.15, 0.2) is 0 Å². The van der Waals surface area contributed by atoms with Crippen molar-refractivity contribution in [2.24, 2.45) is 0 Å². The maximum atomic E-state index is 11.6. The monoisotopic (exact) mass is 299 g/mol. The van der Waals surface area contributed by atoms with Crippen LogP contribution in [0.4, 0.5) is 0 Å². The van der Waals surface area contributed by atoms with E-state index in [1.54, 1.807) is 12.3 Å². The Labute approximate surface area is 108 Å². The number of halogens is 1. The Kier molecular flexibility index (Phi) is 5.62. The number of pyridine rings is 1. The summed E-state index contributed by atoms with van der Waals surface area (Å²) in [6.07, 6.45) is 3.91. The van der Waals surface area contributed by atoms with Gasteiger partial charge in [-0.2, -0.15) is 0 Å². The highest BCUT2D eigenvalue weighted by Gasteiger charge is 2.08. The van der Waals surface area contributed by atoms with Crippen LogP contribution in [0.2, 0.25) is 0 Å². The Hall–Kier alpha value is -1.43. The minimum absolute atomic E-state index is 0.0225. The van der Waals surface area contributed by atoms with Gasteiger partial charge >= 0.3 is 0 Å². The molecule has 0 aliphatic rings. The highest BCUT2D eigenvalue weighted by atomic mass is 79.9. The number of carbonyl (C=O) groups excluding carboxylic acids is 2. The lowest BCUT2D eigenvalue weighted by Crippen LogP contribution is -2.37. The van der Waals surface area contributed by atoms with Gasteiger partial charge in [-0.25, -0.2) is 0 Å². The van der Waals surface area contributed by atoms with E-state index in [-0.39, 0.29) is 18.4 Å². The van der Waals surface area contributed by atoms with Crippen LogP contribution in [-0.4, -0.2) is 29.9 Å². The van der Waals surface area contributed by atoms with Gasteiger partial charge < -0.3 is 10.6 Å². The van der Waals surface area contributed by atoms with Gasteiger partial charge in [0.1, 0.15) is 0 Å². The van der Waals surface area contributed by atoms with Crippen molar-refractivity contribution in [1.82, 2.24) is 15.6 Å². The van der Waals surface area contributed by atoms with E-state index in [9.17, 15) is 9.59 Å². The SMILES string of the molecule is CCCNC(=O)CNC(=O)c1cncc(Br)c1. The van der Waals surface area contributed by atoms with E-state index in [0.29, 0.717) is 12.1 Å². The second-order valence-electron chi connectivity index (χ2n) is 3.42. The maximum Gasteiger partial charge on any atom is 0.253 e. The van der Waals surface area contributed by atoms with Gasteiger partial charge in [-0.05, 0) is 28.4 Å². The predicted molar refractivity (Wildman–Crippen MR) is 67.6 cm³/mol. The second-order valence-corrected chi connectivity index (χ2v) is 4.34. The molecule has 0 saturated heterocycles. The molecule has 0 fully saturated rings. The summed E-state index contributed by atoms with van der Waals surface area (Å²) in [7, 11) is 0. The largest absolute Gasteiger partial charge is 0.355 e. The Morgan fingerprint density at radius 2 is 2.12 bits per heavy atom. The van der Waals surface area contributed by atoms with Crippen molar-refractivity contribution >= 4 is 27.7 Å². The molecule has 1 aromatic heterocycles. The van der Waals surface area contributed by atoms with E-state index < -0.39 is 0 Å². The molecule has 6 heteroatoms. The molecule has 0 aliphatic carbocycles. The lowest BCUT2D eigenvalue weighted by Gasteiger charge is -2.05. The first-order valence-corrected chi connectivity index (χ1v) is 6.08. The molecular formula is C11H14BrN3O2. The van der Waals surface area contributed by atoms with Crippen LogP contribution < -0.4 is 10.6 Å². The minimum Gasteiger partial charge on any atom is -0.355 e. The van der Waals surface area contributed by atoms with Crippen molar-refractivity contribution in [1.29, 1.82) is 0 Å². The highest BCUT2D eigenvalue weighted by Crippen LogP contribution is 2.08. The van der Waals surface area contributed by atoms with Crippen LogP contribution in [0.3, 0.4) is 0 Å². The molecule has 0 aliphatic heterocycles. The van der Waals surface area contributed by atoms with E-state index in [2.05, 4.69) is 31.5 Å². The lowest BCUT2D eigenvalue weighted by atomic mass is 10.3. The zero-order valence-electron chi connectivity index (χ0n) is 9.50. The van der Waals surface area contributed by atoms with Gasteiger partial charge in [0, 0.05) is 23.4 Å². The van der Waals surface area contributed by atoms with Crippen LogP contribution in [0, 0.1) is 0 Å². The number of nitrogens with zero attached hydrogens (tertiary/aromatic N) is 1. The third-order valence-corrected chi connectivity index (χ3v) is 2.38. The van der Waals surface area contributed by atoms with Crippen molar-refractivity contribution in [3.05, 3.63) is 28.5 Å². The highest BCUT2D eigenvalue weighted by molar-refractivity contribution is 9.10. The van der Waals surface area contributed by atoms with Crippen LogP contribution in [0.25, 0.3) is 0 Å². The van der Waals surface area contributed by atoms with E-state index in [1.807, 2.05) is 6.92 Å². The molecule has 0 aromatic carbocycles. The molecule has 0 radical (unpaired) electrons. The molecule has 0 bridgehead atoms. The summed E-state index contributed by atoms with van der Waals surface area (Å²) < 4.78 is 0.723. The van der Waals surface area contributed by atoms with Crippen LogP contribution >= 0.6 is 15.9 Å². The van der Waals surface area contributed by atoms with Gasteiger partial charge in [-0.3, -0.25) is 14.6 Å². The van der Waals surface area contributed by atoms with Crippen molar-refractivity contribution in [3.63, 3.8) is 0 Å². The van der Waals surface area contributed by atoms with Crippen molar-refractivity contribution < 1.29 is 9.59 Å². The first kappa shape index (κ1) is 13.6. The Balaban J connectivity index is 2.42. The molecule has 92 valence electrons. The lowest BCUT2D eigenvalue weighted by molar-refractivity contribution is -0.120. The number of nitrogens with one attached hydrogen (secondary N) is 2. The molecular weight excluding hydrogens is 286 g/mol. The number of hydrogen-bond acceptors (Lipinski definition) is 3. The summed E-state index contributed by atoms with van der Waals surface area (Å²) in [5.74, 6) is -0.506. The first-order valence-electron chi connectivity index (χ1n) is 5.29. The Morgan fingerprint density at radius 1 is 1.35 bits per heavy atom. The molecule has 17 heavy (non-hydrogen) atoms. The summed E-state index contributed by atoms with van der Waals surface area (Å²) in [6.45, 7) is 2.56. The molecule has 0 unspecified atom stereocenters. The summed E-state index contributed by atoms with van der Waals surface area (Å²) >= 11 is 3.22. The fourth-order valence-electron chi connectivity index (χ4n) is 1.13. The van der Waals surface area contributed by atoms with Gasteiger partial charge in [-0.15, -0.1) is 0 Å². The standard InChI is InChI=1S/C11H14BrN3O2/c1-2-3-14-10(16)7-15-11(17)8-4-9(12)6-13-5-8/h4-6H,2-3,7H2,1H3,(H,14,16)(H,15,17). The number of aromatic nitrogens is 1. The van der Waals surface area contributed by atoms with E-state index in [1.165, 1.54) is 6.20 Å². The molecule has 0 atom stereocenters. The molecule has 1 aromatic rings. The Morgan fingerprint density at radius 3 is 2.76 bits per heavy atom. The quantitative estimate of drug-likeness (QED) is 0.855. The van der Waals surface area contributed by atoms with Gasteiger partial charge in [0.2, 0.25) is 5.91 Å². The topological polar surface area (TPSA) is 71.1 Å². The fraction of sp³-hybridized carbons (Fsp3) is 0.364. The molecule has 5 nitrogen and oxygen atoms in total. The smallest absolute Gasteiger partial charge is 0.253 e. The molecule has 0 spiro atoms. The number of carbonyl (C=O) groups is 2.